The molecule has 0 atom stereocenters. The minimum Gasteiger partial charge on any atom is -0.378 e. The van der Waals surface area contributed by atoms with Crippen molar-refractivity contribution in [3.8, 4) is 0 Å². The molecule has 1 fully saturated rings. The highest BCUT2D eigenvalue weighted by Crippen LogP contribution is 2.24. The van der Waals surface area contributed by atoms with Gasteiger partial charge < -0.3 is 9.64 Å². The maximum Gasteiger partial charge on any atom is 0.211 e. The summed E-state index contributed by atoms with van der Waals surface area (Å²) < 4.78 is 30.5. The van der Waals surface area contributed by atoms with Crippen LogP contribution in [0.1, 0.15) is 5.69 Å². The fraction of sp³-hybridized carbons (Fsp3) is 0.583. The first-order valence-electron chi connectivity index (χ1n) is 6.27. The van der Waals surface area contributed by atoms with Crippen LogP contribution in [0.5, 0.6) is 0 Å². The third-order valence-corrected chi connectivity index (χ3v) is 4.91. The fourth-order valence-corrected chi connectivity index (χ4v) is 2.71. The summed E-state index contributed by atoms with van der Waals surface area (Å²) in [6.45, 7) is 3.19. The second-order valence-corrected chi connectivity index (χ2v) is 7.62. The molecule has 0 saturated carbocycles. The zero-order chi connectivity index (χ0) is 14.8. The van der Waals surface area contributed by atoms with E-state index in [2.05, 4.69) is 25.8 Å². The number of hydrogen-bond acceptors (Lipinski definition) is 5. The number of aromatic nitrogens is 1. The van der Waals surface area contributed by atoms with E-state index in [9.17, 15) is 8.42 Å². The Labute approximate surface area is 127 Å². The molecule has 6 nitrogen and oxygen atoms in total. The van der Waals surface area contributed by atoms with Crippen molar-refractivity contribution >= 4 is 31.6 Å². The molecule has 0 N–H and O–H groups in total. The van der Waals surface area contributed by atoms with Gasteiger partial charge >= 0.3 is 0 Å². The zero-order valence-electron chi connectivity index (χ0n) is 11.5. The molecule has 8 heteroatoms. The van der Waals surface area contributed by atoms with E-state index in [1.54, 1.807) is 7.05 Å². The van der Waals surface area contributed by atoms with E-state index < -0.39 is 10.0 Å². The van der Waals surface area contributed by atoms with E-state index in [1.165, 1.54) is 10.6 Å². The van der Waals surface area contributed by atoms with Gasteiger partial charge in [0.25, 0.3) is 0 Å². The topological polar surface area (TPSA) is 62.7 Å². The predicted octanol–water partition coefficient (Wildman–Crippen LogP) is 1.07. The van der Waals surface area contributed by atoms with Gasteiger partial charge in [-0.25, -0.2) is 13.4 Å². The van der Waals surface area contributed by atoms with Crippen LogP contribution in [0.4, 0.5) is 5.69 Å². The molecule has 20 heavy (non-hydrogen) atoms. The minimum atomic E-state index is -3.23. The van der Waals surface area contributed by atoms with Crippen molar-refractivity contribution in [1.29, 1.82) is 0 Å². The molecule has 0 radical (unpaired) electrons. The van der Waals surface area contributed by atoms with Crippen molar-refractivity contribution in [3.05, 3.63) is 22.4 Å². The second kappa shape index (κ2) is 6.38. The Bertz CT molecular complexity index is 573. The van der Waals surface area contributed by atoms with Crippen molar-refractivity contribution in [2.45, 2.75) is 6.54 Å². The average Bonchev–Trinajstić information content (AvgIpc) is 2.39. The van der Waals surface area contributed by atoms with Gasteiger partial charge in [0.05, 0.1) is 37.4 Å². The Morgan fingerprint density at radius 1 is 1.40 bits per heavy atom. The highest BCUT2D eigenvalue weighted by molar-refractivity contribution is 9.10. The molecule has 2 heterocycles. The summed E-state index contributed by atoms with van der Waals surface area (Å²) in [5, 5.41) is 0. The maximum atomic E-state index is 11.6. The minimum absolute atomic E-state index is 0.255. The van der Waals surface area contributed by atoms with Crippen LogP contribution in [0.15, 0.2) is 16.7 Å². The first-order valence-corrected chi connectivity index (χ1v) is 8.91. The first kappa shape index (κ1) is 15.7. The Morgan fingerprint density at radius 3 is 2.65 bits per heavy atom. The van der Waals surface area contributed by atoms with Crippen molar-refractivity contribution < 1.29 is 13.2 Å². The van der Waals surface area contributed by atoms with Gasteiger partial charge in [0, 0.05) is 20.1 Å². The zero-order valence-corrected chi connectivity index (χ0v) is 13.9. The molecule has 1 aromatic heterocycles. The molecule has 112 valence electrons. The van der Waals surface area contributed by atoms with Gasteiger partial charge in [0.2, 0.25) is 10.0 Å². The molecular formula is C12H18BrN3O3S. The molecule has 2 rings (SSSR count). The number of sulfonamides is 1. The second-order valence-electron chi connectivity index (χ2n) is 4.72. The number of hydrogen-bond donors (Lipinski definition) is 0. The van der Waals surface area contributed by atoms with Crippen LogP contribution >= 0.6 is 15.9 Å². The smallest absolute Gasteiger partial charge is 0.211 e. The van der Waals surface area contributed by atoms with Gasteiger partial charge in [0.15, 0.2) is 0 Å². The summed E-state index contributed by atoms with van der Waals surface area (Å²) in [6, 6.07) is 3.84. The van der Waals surface area contributed by atoms with E-state index in [0.717, 1.165) is 24.5 Å². The molecule has 0 aromatic carbocycles. The molecule has 0 amide bonds. The van der Waals surface area contributed by atoms with Crippen LogP contribution < -0.4 is 4.90 Å². The molecule has 1 saturated heterocycles. The van der Waals surface area contributed by atoms with Gasteiger partial charge in [-0.1, -0.05) is 0 Å². The van der Waals surface area contributed by atoms with Crippen LogP contribution in [0, 0.1) is 0 Å². The molecule has 0 bridgehead atoms. The van der Waals surface area contributed by atoms with Crippen LogP contribution in [0.25, 0.3) is 0 Å². The van der Waals surface area contributed by atoms with Crippen molar-refractivity contribution in [2.24, 2.45) is 0 Å². The summed E-state index contributed by atoms with van der Waals surface area (Å²) >= 11 is 3.34. The lowest BCUT2D eigenvalue weighted by Crippen LogP contribution is -2.37. The largest absolute Gasteiger partial charge is 0.378 e. The lowest BCUT2D eigenvalue weighted by Gasteiger charge is -2.30. The Hall–Kier alpha value is -0.700. The molecular weight excluding hydrogens is 346 g/mol. The summed E-state index contributed by atoms with van der Waals surface area (Å²) in [4.78, 5) is 6.60. The van der Waals surface area contributed by atoms with Gasteiger partial charge in [0.1, 0.15) is 4.60 Å². The van der Waals surface area contributed by atoms with Crippen LogP contribution in [0.3, 0.4) is 0 Å². The fourth-order valence-electron chi connectivity index (χ4n) is 2.00. The standard InChI is InChI=1S/C12H18BrN3O3S/c1-15(20(2,17)18)9-10-11(3-4-12(13)14-10)16-5-7-19-8-6-16/h3-4H,5-9H2,1-2H3. The molecule has 1 aliphatic rings. The van der Waals surface area contributed by atoms with Crippen LogP contribution in [0.2, 0.25) is 0 Å². The van der Waals surface area contributed by atoms with Gasteiger partial charge in [-0.2, -0.15) is 4.31 Å². The Kier molecular flexibility index (Phi) is 5.00. The van der Waals surface area contributed by atoms with E-state index >= 15 is 0 Å². The Balaban J connectivity index is 2.28. The van der Waals surface area contributed by atoms with E-state index in [1.807, 2.05) is 12.1 Å². The maximum absolute atomic E-state index is 11.6. The van der Waals surface area contributed by atoms with E-state index in [0.29, 0.717) is 17.8 Å². The summed E-state index contributed by atoms with van der Waals surface area (Å²) in [7, 11) is -1.67. The quantitative estimate of drug-likeness (QED) is 0.748. The molecule has 0 aliphatic carbocycles. The third kappa shape index (κ3) is 3.91. The number of halogens is 1. The average molecular weight is 364 g/mol. The molecule has 0 spiro atoms. The highest BCUT2D eigenvalue weighted by Gasteiger charge is 2.19. The normalized spacial score (nSPS) is 16.7. The first-order chi connectivity index (χ1) is 9.38. The molecule has 0 unspecified atom stereocenters. The predicted molar refractivity (Wildman–Crippen MR) is 81.3 cm³/mol. The van der Waals surface area contributed by atoms with Crippen molar-refractivity contribution in [1.82, 2.24) is 9.29 Å². The van der Waals surface area contributed by atoms with Gasteiger partial charge in [-0.05, 0) is 28.1 Å². The third-order valence-electron chi connectivity index (χ3n) is 3.21. The number of pyridine rings is 1. The van der Waals surface area contributed by atoms with Crippen LogP contribution in [-0.4, -0.2) is 57.3 Å². The monoisotopic (exact) mass is 363 g/mol. The summed E-state index contributed by atoms with van der Waals surface area (Å²) in [6.07, 6.45) is 1.19. The number of morpholine rings is 1. The molecule has 1 aliphatic heterocycles. The van der Waals surface area contributed by atoms with E-state index in [-0.39, 0.29) is 6.54 Å². The van der Waals surface area contributed by atoms with Gasteiger partial charge in [-0.15, -0.1) is 0 Å². The number of rotatable bonds is 4. The lowest BCUT2D eigenvalue weighted by atomic mass is 10.2. The number of nitrogens with zero attached hydrogens (tertiary/aromatic N) is 3. The number of ether oxygens (including phenoxy) is 1. The summed E-state index contributed by atoms with van der Waals surface area (Å²) in [5.41, 5.74) is 1.71. The van der Waals surface area contributed by atoms with Gasteiger partial charge in [-0.3, -0.25) is 0 Å². The van der Waals surface area contributed by atoms with Crippen LogP contribution in [-0.2, 0) is 21.3 Å². The van der Waals surface area contributed by atoms with Crippen molar-refractivity contribution in [2.75, 3.05) is 44.5 Å². The SMILES string of the molecule is CN(Cc1nc(Br)ccc1N1CCOCC1)S(C)(=O)=O. The molecule has 1 aromatic rings. The van der Waals surface area contributed by atoms with E-state index in [4.69, 9.17) is 4.74 Å². The lowest BCUT2D eigenvalue weighted by molar-refractivity contribution is 0.122. The Morgan fingerprint density at radius 2 is 2.05 bits per heavy atom. The highest BCUT2D eigenvalue weighted by atomic mass is 79.9. The number of anilines is 1. The van der Waals surface area contributed by atoms with Crippen molar-refractivity contribution in [3.63, 3.8) is 0 Å². The summed E-state index contributed by atoms with van der Waals surface area (Å²) in [5.74, 6) is 0.